The average Bonchev–Trinajstić information content (AvgIpc) is 2.97. The van der Waals surface area contributed by atoms with Crippen molar-refractivity contribution in [2.24, 2.45) is 5.41 Å². The lowest BCUT2D eigenvalue weighted by Gasteiger charge is -2.45. The van der Waals surface area contributed by atoms with Crippen molar-refractivity contribution in [3.63, 3.8) is 0 Å². The van der Waals surface area contributed by atoms with Gasteiger partial charge >= 0.3 is 0 Å². The van der Waals surface area contributed by atoms with Gasteiger partial charge in [0.05, 0.1) is 17.4 Å². The molecule has 3 rings (SSSR count). The van der Waals surface area contributed by atoms with Crippen molar-refractivity contribution < 1.29 is 17.2 Å². The van der Waals surface area contributed by atoms with Crippen LogP contribution in [0.25, 0.3) is 0 Å². The second-order valence-electron chi connectivity index (χ2n) is 6.20. The second kappa shape index (κ2) is 5.62. The summed E-state index contributed by atoms with van der Waals surface area (Å²) in [7, 11) is -3.46. The normalized spacial score (nSPS) is 28.4. The number of sulfonamides is 1. The van der Waals surface area contributed by atoms with E-state index in [9.17, 15) is 17.2 Å². The maximum Gasteiger partial charge on any atom is 0.257 e. The van der Waals surface area contributed by atoms with Crippen LogP contribution in [0.5, 0.6) is 0 Å². The minimum atomic E-state index is -3.46. The predicted molar refractivity (Wildman–Crippen MR) is 81.9 cm³/mol. The largest absolute Gasteiger partial charge is 0.354 e. The minimum Gasteiger partial charge on any atom is -0.354 e. The lowest BCUT2D eigenvalue weighted by Crippen LogP contribution is -2.58. The SMILES string of the molecule is CCS(=O)(=O)N1CCC(F)(F)[C@]2(CCN(c3cnccn3)C2)C1. The van der Waals surface area contributed by atoms with Crippen molar-refractivity contribution in [1.82, 2.24) is 14.3 Å². The van der Waals surface area contributed by atoms with Crippen molar-refractivity contribution >= 4 is 15.8 Å². The number of halogens is 2. The van der Waals surface area contributed by atoms with Crippen molar-refractivity contribution in [3.05, 3.63) is 18.6 Å². The summed E-state index contributed by atoms with van der Waals surface area (Å²) >= 11 is 0. The van der Waals surface area contributed by atoms with Crippen LogP contribution in [0.2, 0.25) is 0 Å². The van der Waals surface area contributed by atoms with Gasteiger partial charge in [-0.1, -0.05) is 0 Å². The molecule has 1 atom stereocenters. The van der Waals surface area contributed by atoms with E-state index >= 15 is 0 Å². The van der Waals surface area contributed by atoms with Crippen LogP contribution < -0.4 is 4.90 Å². The van der Waals surface area contributed by atoms with E-state index in [1.165, 1.54) is 23.6 Å². The quantitative estimate of drug-likeness (QED) is 0.827. The highest BCUT2D eigenvalue weighted by molar-refractivity contribution is 7.89. The fourth-order valence-electron chi connectivity index (χ4n) is 3.43. The smallest absolute Gasteiger partial charge is 0.257 e. The molecule has 0 bridgehead atoms. The fraction of sp³-hybridized carbons (Fsp3) is 0.714. The fourth-order valence-corrected chi connectivity index (χ4v) is 4.61. The average molecular weight is 346 g/mol. The third-order valence-corrected chi connectivity index (χ3v) is 6.74. The zero-order chi connectivity index (χ0) is 16.7. The molecule has 3 heterocycles. The highest BCUT2D eigenvalue weighted by atomic mass is 32.2. The molecule has 1 spiro atoms. The molecule has 128 valence electrons. The Morgan fingerprint density at radius 1 is 1.22 bits per heavy atom. The summed E-state index contributed by atoms with van der Waals surface area (Å²) in [5, 5.41) is 0. The van der Waals surface area contributed by atoms with Crippen LogP contribution >= 0.6 is 0 Å². The summed E-state index contributed by atoms with van der Waals surface area (Å²) in [6, 6.07) is 0. The van der Waals surface area contributed by atoms with E-state index in [0.29, 0.717) is 12.4 Å². The maximum absolute atomic E-state index is 14.6. The van der Waals surface area contributed by atoms with Gasteiger partial charge in [-0.15, -0.1) is 0 Å². The molecule has 0 N–H and O–H groups in total. The van der Waals surface area contributed by atoms with E-state index in [2.05, 4.69) is 9.97 Å². The summed E-state index contributed by atoms with van der Waals surface area (Å²) in [6.07, 6.45) is 4.40. The lowest BCUT2D eigenvalue weighted by molar-refractivity contribution is -0.145. The van der Waals surface area contributed by atoms with Crippen LogP contribution in [0, 0.1) is 5.41 Å². The topological polar surface area (TPSA) is 66.4 Å². The Labute approximate surface area is 134 Å². The standard InChI is InChI=1S/C14H20F2N4O2S/c1-2-23(21,22)20-8-4-14(15,16)13(11-20)3-7-19(10-13)12-9-17-5-6-18-12/h5-6,9H,2-4,7-8,10-11H2,1H3/t13-/m0/s1. The van der Waals surface area contributed by atoms with Crippen LogP contribution in [0.3, 0.4) is 0 Å². The van der Waals surface area contributed by atoms with Crippen LogP contribution in [0.15, 0.2) is 18.6 Å². The molecular weight excluding hydrogens is 326 g/mol. The molecule has 2 aliphatic heterocycles. The van der Waals surface area contributed by atoms with Gasteiger partial charge in [-0.05, 0) is 13.3 Å². The molecule has 1 aromatic rings. The highest BCUT2D eigenvalue weighted by Crippen LogP contribution is 2.50. The number of hydrogen-bond donors (Lipinski definition) is 0. The number of aromatic nitrogens is 2. The van der Waals surface area contributed by atoms with Gasteiger partial charge in [0, 0.05) is 45.0 Å². The van der Waals surface area contributed by atoms with Gasteiger partial charge in [0.25, 0.3) is 5.92 Å². The van der Waals surface area contributed by atoms with Gasteiger partial charge in [-0.3, -0.25) is 4.98 Å². The van der Waals surface area contributed by atoms with Gasteiger partial charge in [-0.2, -0.15) is 0 Å². The summed E-state index contributed by atoms with van der Waals surface area (Å²) < 4.78 is 54.7. The molecule has 23 heavy (non-hydrogen) atoms. The molecule has 9 heteroatoms. The van der Waals surface area contributed by atoms with Gasteiger partial charge in [0.2, 0.25) is 10.0 Å². The van der Waals surface area contributed by atoms with Crippen molar-refractivity contribution in [1.29, 1.82) is 0 Å². The zero-order valence-electron chi connectivity index (χ0n) is 13.0. The number of nitrogens with zero attached hydrogens (tertiary/aromatic N) is 4. The van der Waals surface area contributed by atoms with E-state index in [1.54, 1.807) is 11.1 Å². The van der Waals surface area contributed by atoms with Crippen LogP contribution in [-0.2, 0) is 10.0 Å². The van der Waals surface area contributed by atoms with E-state index < -0.39 is 27.8 Å². The first-order chi connectivity index (χ1) is 10.8. The Balaban J connectivity index is 1.86. The molecule has 0 saturated carbocycles. The molecule has 1 aromatic heterocycles. The van der Waals surface area contributed by atoms with Gasteiger partial charge in [0.15, 0.2) is 0 Å². The predicted octanol–water partition coefficient (Wildman–Crippen LogP) is 1.36. The molecule has 6 nitrogen and oxygen atoms in total. The van der Waals surface area contributed by atoms with Crippen molar-refractivity contribution in [2.75, 3.05) is 36.8 Å². The van der Waals surface area contributed by atoms with Crippen molar-refractivity contribution in [2.45, 2.75) is 25.7 Å². The summed E-state index contributed by atoms with van der Waals surface area (Å²) in [4.78, 5) is 9.89. The lowest BCUT2D eigenvalue weighted by atomic mass is 9.76. The molecule has 2 fully saturated rings. The van der Waals surface area contributed by atoms with E-state index in [4.69, 9.17) is 0 Å². The summed E-state index contributed by atoms with van der Waals surface area (Å²) in [5.41, 5.74) is -1.36. The molecule has 0 amide bonds. The number of alkyl halides is 2. The molecular formula is C14H20F2N4O2S. The minimum absolute atomic E-state index is 0.0669. The first-order valence-electron chi connectivity index (χ1n) is 7.66. The highest BCUT2D eigenvalue weighted by Gasteiger charge is 2.60. The Hall–Kier alpha value is -1.35. The molecule has 0 radical (unpaired) electrons. The second-order valence-corrected chi connectivity index (χ2v) is 8.46. The maximum atomic E-state index is 14.6. The molecule has 0 aromatic carbocycles. The third-order valence-electron chi connectivity index (χ3n) is 4.92. The Morgan fingerprint density at radius 3 is 2.65 bits per heavy atom. The summed E-state index contributed by atoms with van der Waals surface area (Å²) in [5.74, 6) is -2.40. The van der Waals surface area contributed by atoms with Crippen LogP contribution in [0.4, 0.5) is 14.6 Å². The first-order valence-corrected chi connectivity index (χ1v) is 9.27. The van der Waals surface area contributed by atoms with Crippen LogP contribution in [-0.4, -0.2) is 60.5 Å². The molecule has 0 unspecified atom stereocenters. The Kier molecular flexibility index (Phi) is 4.04. The van der Waals surface area contributed by atoms with Gasteiger partial charge < -0.3 is 4.90 Å². The third kappa shape index (κ3) is 2.80. The van der Waals surface area contributed by atoms with Gasteiger partial charge in [0.1, 0.15) is 5.82 Å². The van der Waals surface area contributed by atoms with Crippen LogP contribution in [0.1, 0.15) is 19.8 Å². The molecule has 2 saturated heterocycles. The van der Waals surface area contributed by atoms with Gasteiger partial charge in [-0.25, -0.2) is 26.5 Å². The monoisotopic (exact) mass is 346 g/mol. The van der Waals surface area contributed by atoms with E-state index in [1.807, 2.05) is 0 Å². The summed E-state index contributed by atoms with van der Waals surface area (Å²) in [6.45, 7) is 1.81. The van der Waals surface area contributed by atoms with Crippen molar-refractivity contribution in [3.8, 4) is 0 Å². The number of anilines is 1. The van der Waals surface area contributed by atoms with E-state index in [-0.39, 0.29) is 31.8 Å². The first kappa shape index (κ1) is 16.5. The molecule has 0 aliphatic carbocycles. The number of piperidine rings is 1. The molecule has 2 aliphatic rings. The Morgan fingerprint density at radius 2 is 2.00 bits per heavy atom. The number of hydrogen-bond acceptors (Lipinski definition) is 5. The number of rotatable bonds is 3. The Bertz CT molecular complexity index is 671. The zero-order valence-corrected chi connectivity index (χ0v) is 13.8. The van der Waals surface area contributed by atoms with E-state index in [0.717, 1.165) is 0 Å².